The molecule has 2 heterocycles. The van der Waals surface area contributed by atoms with Crippen molar-refractivity contribution >= 4 is 11.7 Å². The molecule has 0 saturated carbocycles. The third-order valence-electron chi connectivity index (χ3n) is 4.06. The lowest BCUT2D eigenvalue weighted by molar-refractivity contribution is 0.102. The van der Waals surface area contributed by atoms with Crippen LogP contribution in [0.25, 0.3) is 0 Å². The van der Waals surface area contributed by atoms with Gasteiger partial charge in [0.2, 0.25) is 5.69 Å². The lowest BCUT2D eigenvalue weighted by atomic mass is 10.1. The zero-order valence-corrected chi connectivity index (χ0v) is 14.4. The Bertz CT molecular complexity index is 820. The maximum absolute atomic E-state index is 12.6. The predicted molar refractivity (Wildman–Crippen MR) is 94.0 cm³/mol. The number of hydrogen-bond acceptors (Lipinski definition) is 6. The van der Waals surface area contributed by atoms with Crippen LogP contribution in [0, 0.1) is 11.3 Å². The number of nitrogens with one attached hydrogen (secondary N) is 1. The quantitative estimate of drug-likeness (QED) is 0.906. The van der Waals surface area contributed by atoms with Gasteiger partial charge in [0.15, 0.2) is 0 Å². The van der Waals surface area contributed by atoms with Crippen LogP contribution in [0.4, 0.5) is 10.5 Å². The Morgan fingerprint density at radius 1 is 1.35 bits per heavy atom. The van der Waals surface area contributed by atoms with Gasteiger partial charge in [-0.05, 0) is 25.0 Å². The van der Waals surface area contributed by atoms with Crippen LogP contribution in [0.1, 0.15) is 18.5 Å². The van der Waals surface area contributed by atoms with Gasteiger partial charge in [-0.2, -0.15) is 5.26 Å². The molecule has 1 fully saturated rings. The topological polar surface area (TPSA) is 100 Å². The number of nitrogens with zero attached hydrogens (tertiary/aromatic N) is 4. The van der Waals surface area contributed by atoms with Crippen LogP contribution in [-0.2, 0) is 0 Å². The van der Waals surface area contributed by atoms with E-state index in [-0.39, 0.29) is 23.7 Å². The van der Waals surface area contributed by atoms with E-state index in [9.17, 15) is 4.79 Å². The first-order valence-corrected chi connectivity index (χ1v) is 8.28. The highest BCUT2D eigenvalue weighted by atomic mass is 16.5. The van der Waals surface area contributed by atoms with Gasteiger partial charge < -0.3 is 19.7 Å². The molecule has 1 aliphatic heterocycles. The molecule has 0 aliphatic carbocycles. The maximum atomic E-state index is 12.6. The molecule has 0 radical (unpaired) electrons. The lowest BCUT2D eigenvalue weighted by Gasteiger charge is -2.32. The Labute approximate surface area is 151 Å². The van der Waals surface area contributed by atoms with Gasteiger partial charge in [0.05, 0.1) is 19.3 Å². The second kappa shape index (κ2) is 8.16. The van der Waals surface area contributed by atoms with Crippen LogP contribution in [-0.4, -0.2) is 47.2 Å². The number of rotatable bonds is 4. The van der Waals surface area contributed by atoms with E-state index in [1.807, 2.05) is 18.2 Å². The molecule has 1 saturated heterocycles. The Morgan fingerprint density at radius 3 is 2.96 bits per heavy atom. The highest BCUT2D eigenvalue weighted by Crippen LogP contribution is 2.24. The smallest absolute Gasteiger partial charge is 0.322 e. The summed E-state index contributed by atoms with van der Waals surface area (Å²) in [7, 11) is 1.56. The fourth-order valence-corrected chi connectivity index (χ4v) is 2.81. The molecule has 0 spiro atoms. The van der Waals surface area contributed by atoms with Crippen molar-refractivity contribution in [3.05, 3.63) is 42.4 Å². The summed E-state index contributed by atoms with van der Waals surface area (Å²) >= 11 is 0. The Kier molecular flexibility index (Phi) is 5.49. The first-order valence-electron chi connectivity index (χ1n) is 8.28. The number of nitriles is 1. The predicted octanol–water partition coefficient (Wildman–Crippen LogP) is 2.43. The second-order valence-corrected chi connectivity index (χ2v) is 5.78. The number of amides is 2. The molecule has 1 aliphatic rings. The van der Waals surface area contributed by atoms with Crippen molar-refractivity contribution in [1.29, 1.82) is 5.26 Å². The number of ether oxygens (including phenoxy) is 2. The average Bonchev–Trinajstić information content (AvgIpc) is 2.69. The molecular weight excluding hydrogens is 334 g/mol. The minimum Gasteiger partial charge on any atom is -0.495 e. The number of aromatic nitrogens is 2. The maximum Gasteiger partial charge on any atom is 0.322 e. The molecule has 2 aromatic rings. The molecule has 2 amide bonds. The van der Waals surface area contributed by atoms with Crippen LogP contribution in [0.5, 0.6) is 11.6 Å². The number of likely N-dealkylation sites (tertiary alicyclic amines) is 1. The number of benzene rings is 1. The summed E-state index contributed by atoms with van der Waals surface area (Å²) < 4.78 is 11.1. The van der Waals surface area contributed by atoms with Crippen molar-refractivity contribution in [3.8, 4) is 17.7 Å². The fourth-order valence-electron chi connectivity index (χ4n) is 2.81. The van der Waals surface area contributed by atoms with E-state index in [1.165, 1.54) is 12.4 Å². The van der Waals surface area contributed by atoms with E-state index < -0.39 is 0 Å². The van der Waals surface area contributed by atoms with Crippen LogP contribution in [0.3, 0.4) is 0 Å². The van der Waals surface area contributed by atoms with Gasteiger partial charge in [0.1, 0.15) is 17.9 Å². The summed E-state index contributed by atoms with van der Waals surface area (Å²) in [4.78, 5) is 22.3. The Morgan fingerprint density at radius 2 is 2.15 bits per heavy atom. The van der Waals surface area contributed by atoms with Crippen LogP contribution < -0.4 is 14.8 Å². The normalized spacial score (nSPS) is 16.5. The number of carbonyl (C=O) groups excluding carboxylic acids is 1. The first-order chi connectivity index (χ1) is 12.7. The molecule has 1 aromatic heterocycles. The second-order valence-electron chi connectivity index (χ2n) is 5.78. The molecule has 1 atom stereocenters. The zero-order valence-electron chi connectivity index (χ0n) is 14.4. The van der Waals surface area contributed by atoms with E-state index >= 15 is 0 Å². The molecular formula is C18H19N5O3. The van der Waals surface area contributed by atoms with E-state index in [1.54, 1.807) is 24.1 Å². The molecule has 1 N–H and O–H groups in total. The number of carbonyl (C=O) groups is 1. The van der Waals surface area contributed by atoms with Gasteiger partial charge in [0, 0.05) is 18.9 Å². The van der Waals surface area contributed by atoms with Crippen LogP contribution in [0.2, 0.25) is 0 Å². The number of piperidine rings is 1. The summed E-state index contributed by atoms with van der Waals surface area (Å²) in [6, 6.07) is 8.98. The number of para-hydroxylation sites is 2. The van der Waals surface area contributed by atoms with E-state index in [4.69, 9.17) is 14.7 Å². The Balaban J connectivity index is 1.64. The van der Waals surface area contributed by atoms with E-state index in [2.05, 4.69) is 15.3 Å². The average molecular weight is 353 g/mol. The zero-order chi connectivity index (χ0) is 18.4. The third-order valence-corrected chi connectivity index (χ3v) is 4.06. The molecule has 134 valence electrons. The van der Waals surface area contributed by atoms with Gasteiger partial charge in [0.25, 0.3) is 5.88 Å². The summed E-state index contributed by atoms with van der Waals surface area (Å²) in [5.41, 5.74) is 0.756. The Hall–Kier alpha value is -3.34. The van der Waals surface area contributed by atoms with Crippen molar-refractivity contribution in [3.63, 3.8) is 0 Å². The highest BCUT2D eigenvalue weighted by molar-refractivity contribution is 5.91. The fraction of sp³-hybridized carbons (Fsp3) is 0.333. The van der Waals surface area contributed by atoms with E-state index in [0.29, 0.717) is 24.5 Å². The number of methoxy groups -OCH3 is 1. The molecule has 8 nitrogen and oxygen atoms in total. The van der Waals surface area contributed by atoms with Gasteiger partial charge >= 0.3 is 6.03 Å². The summed E-state index contributed by atoms with van der Waals surface area (Å²) in [6.07, 6.45) is 4.26. The molecule has 3 rings (SSSR count). The first kappa shape index (κ1) is 17.5. The molecule has 8 heteroatoms. The van der Waals surface area contributed by atoms with Crippen molar-refractivity contribution < 1.29 is 14.3 Å². The summed E-state index contributed by atoms with van der Waals surface area (Å²) in [5, 5.41) is 11.9. The minimum atomic E-state index is -0.240. The minimum absolute atomic E-state index is 0.142. The summed E-state index contributed by atoms with van der Waals surface area (Å²) in [6.45, 7) is 1.04. The van der Waals surface area contributed by atoms with Gasteiger partial charge in [-0.3, -0.25) is 0 Å². The van der Waals surface area contributed by atoms with Gasteiger partial charge in [-0.25, -0.2) is 14.8 Å². The molecule has 1 unspecified atom stereocenters. The largest absolute Gasteiger partial charge is 0.495 e. The van der Waals surface area contributed by atoms with E-state index in [0.717, 1.165) is 12.8 Å². The molecule has 0 bridgehead atoms. The number of urea groups is 1. The SMILES string of the molecule is COc1ccccc1NC(=O)N1CCCC(Oc2nccnc2C#N)C1. The standard InChI is InChI=1S/C18H19N5O3/c1-25-16-7-3-2-6-14(16)22-18(24)23-10-4-5-13(12-23)26-17-15(11-19)20-8-9-21-17/h2-3,6-9,13H,4-5,10,12H2,1H3,(H,22,24). The van der Waals surface area contributed by atoms with Crippen molar-refractivity contribution in [2.24, 2.45) is 0 Å². The lowest BCUT2D eigenvalue weighted by Crippen LogP contribution is -2.46. The van der Waals surface area contributed by atoms with Crippen LogP contribution >= 0.6 is 0 Å². The highest BCUT2D eigenvalue weighted by Gasteiger charge is 2.26. The van der Waals surface area contributed by atoms with Crippen molar-refractivity contribution in [2.45, 2.75) is 18.9 Å². The van der Waals surface area contributed by atoms with Crippen molar-refractivity contribution in [2.75, 3.05) is 25.5 Å². The number of anilines is 1. The van der Waals surface area contributed by atoms with Crippen molar-refractivity contribution in [1.82, 2.24) is 14.9 Å². The summed E-state index contributed by atoms with van der Waals surface area (Å²) in [5.74, 6) is 0.802. The number of hydrogen-bond donors (Lipinski definition) is 1. The van der Waals surface area contributed by atoms with Crippen LogP contribution in [0.15, 0.2) is 36.7 Å². The van der Waals surface area contributed by atoms with Gasteiger partial charge in [-0.15, -0.1) is 0 Å². The van der Waals surface area contributed by atoms with Gasteiger partial charge in [-0.1, -0.05) is 12.1 Å². The molecule has 26 heavy (non-hydrogen) atoms. The monoisotopic (exact) mass is 353 g/mol. The molecule has 1 aromatic carbocycles. The third kappa shape index (κ3) is 4.00.